The molecule has 0 unspecified atom stereocenters. The van der Waals surface area contributed by atoms with Crippen LogP contribution in [0, 0.1) is 5.21 Å². The molecule has 0 N–H and O–H groups in total. The molecule has 0 spiro atoms. The largest absolute Gasteiger partial charge is 0.618 e. The Morgan fingerprint density at radius 3 is 1.55 bits per heavy atom. The molecule has 2 heteroatoms. The summed E-state index contributed by atoms with van der Waals surface area (Å²) in [5.74, 6) is 0. The molecule has 0 saturated heterocycles. The molecule has 0 heterocycles. The molecule has 0 fully saturated rings. The molecule has 146 valence electrons. The minimum absolute atomic E-state index is 0.0548. The topological polar surface area (TPSA) is 26.1 Å². The third-order valence-electron chi connectivity index (χ3n) is 4.69. The van der Waals surface area contributed by atoms with Gasteiger partial charge in [-0.05, 0) is 34.3 Å². The number of hydrogen-bond donors (Lipinski definition) is 0. The van der Waals surface area contributed by atoms with E-state index < -0.39 is 0 Å². The lowest BCUT2D eigenvalue weighted by Gasteiger charge is -2.18. The molecule has 0 amide bonds. The van der Waals surface area contributed by atoms with Crippen LogP contribution in [0.5, 0.6) is 0 Å². The van der Waals surface area contributed by atoms with Gasteiger partial charge in [0.15, 0.2) is 0 Å². The summed E-state index contributed by atoms with van der Waals surface area (Å²) in [7, 11) is 0. The summed E-state index contributed by atoms with van der Waals surface area (Å²) in [6.07, 6.45) is 7.64. The maximum absolute atomic E-state index is 13.1. The molecule has 3 aromatic rings. The van der Waals surface area contributed by atoms with Crippen LogP contribution in [0.3, 0.4) is 0 Å². The van der Waals surface area contributed by atoms with E-state index in [1.165, 1.54) is 5.56 Å². The minimum Gasteiger partial charge on any atom is -0.618 e. The van der Waals surface area contributed by atoms with Crippen molar-refractivity contribution in [1.82, 2.24) is 0 Å². The van der Waals surface area contributed by atoms with Gasteiger partial charge in [-0.1, -0.05) is 93.6 Å². The molecular formula is C27H27NO. The molecule has 0 radical (unpaired) electrons. The standard InChI is InChI=1S/C27H27NO/c1-27(2,3)24-16-20-26(21-17-24)28(29)25(18-14-22-10-6-4-7-11-22)19-15-23-12-8-5-9-13-23/h4-21H,1-3H3/b18-14+,19-15+. The Labute approximate surface area is 173 Å². The summed E-state index contributed by atoms with van der Waals surface area (Å²) in [6.45, 7) is 6.50. The molecule has 3 rings (SSSR count). The van der Waals surface area contributed by atoms with Gasteiger partial charge in [-0.25, -0.2) is 0 Å². The first-order valence-corrected chi connectivity index (χ1v) is 9.84. The Bertz CT molecular complexity index is 954. The van der Waals surface area contributed by atoms with Gasteiger partial charge in [0.1, 0.15) is 0 Å². The second-order valence-corrected chi connectivity index (χ2v) is 8.00. The average Bonchev–Trinajstić information content (AvgIpc) is 2.74. The lowest BCUT2D eigenvalue weighted by atomic mass is 9.87. The monoisotopic (exact) mass is 381 g/mol. The highest BCUT2D eigenvalue weighted by molar-refractivity contribution is 6.05. The zero-order chi connectivity index (χ0) is 20.7. The van der Waals surface area contributed by atoms with Gasteiger partial charge in [0.25, 0.3) is 0 Å². The van der Waals surface area contributed by atoms with Crippen molar-refractivity contribution in [2.75, 3.05) is 0 Å². The highest BCUT2D eigenvalue weighted by Crippen LogP contribution is 2.24. The number of allylic oxidation sites excluding steroid dienone is 2. The summed E-state index contributed by atoms with van der Waals surface area (Å²) >= 11 is 0. The van der Waals surface area contributed by atoms with Crippen molar-refractivity contribution in [3.8, 4) is 0 Å². The Kier molecular flexibility index (Phi) is 6.46. The summed E-state index contributed by atoms with van der Waals surface area (Å²) in [6, 6.07) is 27.8. The lowest BCUT2D eigenvalue weighted by Crippen LogP contribution is -2.11. The van der Waals surface area contributed by atoms with Gasteiger partial charge in [0.05, 0.1) is 0 Å². The summed E-state index contributed by atoms with van der Waals surface area (Å²) < 4.78 is 0.978. The van der Waals surface area contributed by atoms with E-state index in [1.807, 2.05) is 109 Å². The third kappa shape index (κ3) is 5.79. The lowest BCUT2D eigenvalue weighted by molar-refractivity contribution is -0.358. The van der Waals surface area contributed by atoms with Gasteiger partial charge in [0.2, 0.25) is 11.4 Å². The van der Waals surface area contributed by atoms with Crippen LogP contribution in [0.15, 0.2) is 97.1 Å². The fourth-order valence-corrected chi connectivity index (χ4v) is 2.93. The predicted octanol–water partition coefficient (Wildman–Crippen LogP) is 6.99. The van der Waals surface area contributed by atoms with E-state index in [1.54, 1.807) is 0 Å². The number of rotatable bonds is 5. The smallest absolute Gasteiger partial charge is 0.217 e. The zero-order valence-corrected chi connectivity index (χ0v) is 17.2. The Balaban J connectivity index is 1.98. The first kappa shape index (κ1) is 20.3. The molecule has 2 nitrogen and oxygen atoms in total. The summed E-state index contributed by atoms with van der Waals surface area (Å²) in [5, 5.41) is 13.1. The predicted molar refractivity (Wildman–Crippen MR) is 124 cm³/mol. The Morgan fingerprint density at radius 1 is 0.690 bits per heavy atom. The second-order valence-electron chi connectivity index (χ2n) is 8.00. The highest BCUT2D eigenvalue weighted by Gasteiger charge is 2.15. The van der Waals surface area contributed by atoms with Crippen LogP contribution in [0.4, 0.5) is 5.69 Å². The molecule has 0 atom stereocenters. The molecular weight excluding hydrogens is 354 g/mol. The molecule has 29 heavy (non-hydrogen) atoms. The Morgan fingerprint density at radius 2 is 1.14 bits per heavy atom. The van der Waals surface area contributed by atoms with Crippen molar-refractivity contribution in [3.63, 3.8) is 0 Å². The van der Waals surface area contributed by atoms with Crippen molar-refractivity contribution >= 4 is 23.6 Å². The number of nitrogens with zero attached hydrogens (tertiary/aromatic N) is 1. The van der Waals surface area contributed by atoms with Crippen LogP contribution < -0.4 is 0 Å². The molecule has 0 aliphatic carbocycles. The van der Waals surface area contributed by atoms with Crippen molar-refractivity contribution in [3.05, 3.63) is 119 Å². The fourth-order valence-electron chi connectivity index (χ4n) is 2.93. The normalized spacial score (nSPS) is 11.8. The Hall–Kier alpha value is -3.39. The molecule has 0 aliphatic heterocycles. The van der Waals surface area contributed by atoms with Crippen LogP contribution in [-0.2, 0) is 5.41 Å². The number of hydrogen-bond acceptors (Lipinski definition) is 1. The molecule has 0 saturated carbocycles. The van der Waals surface area contributed by atoms with Crippen molar-refractivity contribution < 1.29 is 4.74 Å². The van der Waals surface area contributed by atoms with E-state index in [2.05, 4.69) is 20.8 Å². The first-order chi connectivity index (χ1) is 13.9. The quantitative estimate of drug-likeness (QED) is 0.202. The van der Waals surface area contributed by atoms with Gasteiger partial charge in [-0.15, -0.1) is 0 Å². The third-order valence-corrected chi connectivity index (χ3v) is 4.69. The van der Waals surface area contributed by atoms with Crippen molar-refractivity contribution in [1.29, 1.82) is 0 Å². The minimum atomic E-state index is 0.0548. The first-order valence-electron chi connectivity index (χ1n) is 9.84. The molecule has 0 bridgehead atoms. The van der Waals surface area contributed by atoms with Crippen LogP contribution in [0.25, 0.3) is 12.2 Å². The maximum Gasteiger partial charge on any atom is 0.217 e. The van der Waals surface area contributed by atoms with Gasteiger partial charge < -0.3 is 5.21 Å². The highest BCUT2D eigenvalue weighted by atomic mass is 16.5. The van der Waals surface area contributed by atoms with Gasteiger partial charge >= 0.3 is 0 Å². The van der Waals surface area contributed by atoms with E-state index in [0.29, 0.717) is 11.4 Å². The average molecular weight is 382 g/mol. The van der Waals surface area contributed by atoms with E-state index in [9.17, 15) is 5.21 Å². The second kappa shape index (κ2) is 9.20. The molecule has 0 aliphatic rings. The van der Waals surface area contributed by atoms with Crippen LogP contribution in [-0.4, -0.2) is 10.5 Å². The van der Waals surface area contributed by atoms with Crippen LogP contribution >= 0.6 is 0 Å². The summed E-state index contributed by atoms with van der Waals surface area (Å²) in [4.78, 5) is 0. The van der Waals surface area contributed by atoms with Crippen molar-refractivity contribution in [2.45, 2.75) is 26.2 Å². The fraction of sp³-hybridized carbons (Fsp3) is 0.148. The van der Waals surface area contributed by atoms with E-state index >= 15 is 0 Å². The molecule has 3 aromatic carbocycles. The van der Waals surface area contributed by atoms with Crippen LogP contribution in [0.2, 0.25) is 0 Å². The summed E-state index contributed by atoms with van der Waals surface area (Å²) in [5.41, 5.74) is 4.55. The number of benzene rings is 3. The maximum atomic E-state index is 13.1. The van der Waals surface area contributed by atoms with Gasteiger partial charge in [-0.3, -0.25) is 0 Å². The molecule has 0 aromatic heterocycles. The zero-order valence-electron chi connectivity index (χ0n) is 17.2. The van der Waals surface area contributed by atoms with Crippen molar-refractivity contribution in [2.24, 2.45) is 0 Å². The van der Waals surface area contributed by atoms with E-state index in [4.69, 9.17) is 0 Å². The van der Waals surface area contributed by atoms with Gasteiger partial charge in [0, 0.05) is 24.3 Å². The van der Waals surface area contributed by atoms with Crippen LogP contribution in [0.1, 0.15) is 37.5 Å². The van der Waals surface area contributed by atoms with E-state index in [0.717, 1.165) is 15.9 Å². The SMILES string of the molecule is CC(C)(C)c1ccc([N+]([O-])=C(/C=C/c2ccccc2)/C=C/c2ccccc2)cc1. The van der Waals surface area contributed by atoms with E-state index in [-0.39, 0.29) is 5.41 Å². The van der Waals surface area contributed by atoms with Gasteiger partial charge in [-0.2, -0.15) is 4.74 Å².